The molecule has 1 aromatic heterocycles. The summed E-state index contributed by atoms with van der Waals surface area (Å²) in [6.45, 7) is 0. The number of nitrogens with zero attached hydrogens (tertiary/aromatic N) is 3. The van der Waals surface area contributed by atoms with Gasteiger partial charge in [0.2, 0.25) is 5.89 Å². The van der Waals surface area contributed by atoms with E-state index in [4.69, 9.17) is 9.40 Å². The molecule has 0 fully saturated rings. The molecular formula is C35H23N3O. The molecule has 7 aromatic rings. The molecule has 0 aliphatic carbocycles. The van der Waals surface area contributed by atoms with Crippen LogP contribution in [0.15, 0.2) is 144 Å². The number of aromatic nitrogens is 1. The molecule has 4 heteroatoms. The summed E-state index contributed by atoms with van der Waals surface area (Å²) < 4.78 is 6.49. The van der Waals surface area contributed by atoms with Crippen molar-refractivity contribution in [1.82, 2.24) is 4.98 Å². The van der Waals surface area contributed by atoms with Gasteiger partial charge >= 0.3 is 0 Å². The van der Waals surface area contributed by atoms with E-state index in [1.165, 1.54) is 0 Å². The van der Waals surface area contributed by atoms with E-state index in [-0.39, 0.29) is 0 Å². The highest BCUT2D eigenvalue weighted by Gasteiger charge is 2.31. The third-order valence-electron chi connectivity index (χ3n) is 7.38. The van der Waals surface area contributed by atoms with Crippen molar-refractivity contribution in [1.29, 1.82) is 0 Å². The van der Waals surface area contributed by atoms with Crippen LogP contribution in [0.25, 0.3) is 33.3 Å². The first-order valence-electron chi connectivity index (χ1n) is 13.1. The van der Waals surface area contributed by atoms with Gasteiger partial charge in [0.15, 0.2) is 5.58 Å². The predicted octanol–water partition coefficient (Wildman–Crippen LogP) is 9.90. The first kappa shape index (κ1) is 21.7. The Bertz CT molecular complexity index is 1870. The maximum absolute atomic E-state index is 6.49. The Morgan fingerprint density at radius 1 is 0.487 bits per heavy atom. The van der Waals surface area contributed by atoms with E-state index in [2.05, 4.69) is 137 Å². The van der Waals surface area contributed by atoms with Gasteiger partial charge in [0.1, 0.15) is 5.52 Å². The molecule has 0 atom stereocenters. The van der Waals surface area contributed by atoms with Crippen LogP contribution in [0.2, 0.25) is 0 Å². The van der Waals surface area contributed by atoms with Gasteiger partial charge in [-0.3, -0.25) is 0 Å². The van der Waals surface area contributed by atoms with Gasteiger partial charge in [-0.15, -0.1) is 0 Å². The van der Waals surface area contributed by atoms with Crippen molar-refractivity contribution >= 4 is 56.0 Å². The lowest BCUT2D eigenvalue weighted by Crippen LogP contribution is -2.23. The summed E-state index contributed by atoms with van der Waals surface area (Å²) in [6.07, 6.45) is 0. The summed E-state index contributed by atoms with van der Waals surface area (Å²) in [6, 6.07) is 48.4. The maximum atomic E-state index is 6.49. The minimum Gasteiger partial charge on any atom is -0.436 e. The summed E-state index contributed by atoms with van der Waals surface area (Å²) in [5.74, 6) is 0.624. The molecule has 1 aliphatic heterocycles. The van der Waals surface area contributed by atoms with E-state index in [0.717, 1.165) is 61.6 Å². The van der Waals surface area contributed by atoms with Crippen molar-refractivity contribution in [3.8, 4) is 11.5 Å². The topological polar surface area (TPSA) is 32.5 Å². The lowest BCUT2D eigenvalue weighted by molar-refractivity contribution is 0.620. The number of rotatable bonds is 3. The van der Waals surface area contributed by atoms with Crippen molar-refractivity contribution in [3.05, 3.63) is 140 Å². The Morgan fingerprint density at radius 3 is 1.74 bits per heavy atom. The van der Waals surface area contributed by atoms with Crippen molar-refractivity contribution < 1.29 is 4.42 Å². The molecule has 0 unspecified atom stereocenters. The normalized spacial score (nSPS) is 12.5. The van der Waals surface area contributed by atoms with Gasteiger partial charge in [0.25, 0.3) is 0 Å². The largest absolute Gasteiger partial charge is 0.436 e. The van der Waals surface area contributed by atoms with Crippen LogP contribution in [-0.4, -0.2) is 4.98 Å². The number of fused-ring (bicyclic) bond motifs is 4. The summed E-state index contributed by atoms with van der Waals surface area (Å²) in [5, 5.41) is 2.29. The van der Waals surface area contributed by atoms with Crippen LogP contribution < -0.4 is 9.80 Å². The van der Waals surface area contributed by atoms with Gasteiger partial charge in [-0.05, 0) is 59.3 Å². The number of hydrogen-bond acceptors (Lipinski definition) is 4. The van der Waals surface area contributed by atoms with Crippen LogP contribution in [0, 0.1) is 0 Å². The van der Waals surface area contributed by atoms with Crippen LogP contribution in [0.4, 0.5) is 34.1 Å². The van der Waals surface area contributed by atoms with Crippen LogP contribution >= 0.6 is 0 Å². The van der Waals surface area contributed by atoms with E-state index in [0.29, 0.717) is 5.89 Å². The highest BCUT2D eigenvalue weighted by atomic mass is 16.3. The fraction of sp³-hybridized carbons (Fsp3) is 0. The summed E-state index contributed by atoms with van der Waals surface area (Å²) in [4.78, 5) is 9.64. The Kier molecular flexibility index (Phi) is 4.79. The number of benzene rings is 6. The SMILES string of the molecule is c1ccc(N2c3ccccc3N(c3ccccc3)c3cc4oc(-c5cccc6ccccc56)nc4cc32)cc1. The van der Waals surface area contributed by atoms with E-state index in [1.807, 2.05) is 12.1 Å². The number of anilines is 6. The van der Waals surface area contributed by atoms with Crippen molar-refractivity contribution in [3.63, 3.8) is 0 Å². The Morgan fingerprint density at radius 2 is 1.05 bits per heavy atom. The number of para-hydroxylation sites is 4. The van der Waals surface area contributed by atoms with Crippen LogP contribution in [-0.2, 0) is 0 Å². The van der Waals surface area contributed by atoms with E-state index >= 15 is 0 Å². The Balaban J connectivity index is 1.40. The van der Waals surface area contributed by atoms with Gasteiger partial charge in [-0.25, -0.2) is 4.98 Å². The molecule has 0 saturated carbocycles. The zero-order valence-corrected chi connectivity index (χ0v) is 21.0. The van der Waals surface area contributed by atoms with Gasteiger partial charge in [0.05, 0.1) is 22.7 Å². The molecule has 0 saturated heterocycles. The highest BCUT2D eigenvalue weighted by Crippen LogP contribution is 2.55. The average Bonchev–Trinajstić information content (AvgIpc) is 3.42. The molecule has 1 aliphatic rings. The summed E-state index contributed by atoms with van der Waals surface area (Å²) in [5.41, 5.74) is 9.06. The zero-order valence-electron chi connectivity index (χ0n) is 21.0. The first-order valence-corrected chi connectivity index (χ1v) is 13.1. The first-order chi connectivity index (χ1) is 19.3. The molecule has 2 heterocycles. The minimum absolute atomic E-state index is 0.624. The van der Waals surface area contributed by atoms with Crippen molar-refractivity contribution in [2.45, 2.75) is 0 Å². The van der Waals surface area contributed by atoms with Gasteiger partial charge < -0.3 is 14.2 Å². The van der Waals surface area contributed by atoms with E-state index in [1.54, 1.807) is 0 Å². The van der Waals surface area contributed by atoms with E-state index < -0.39 is 0 Å². The van der Waals surface area contributed by atoms with Gasteiger partial charge in [-0.2, -0.15) is 0 Å². The minimum atomic E-state index is 0.624. The Hall–Kier alpha value is -5.35. The molecule has 0 amide bonds. The second-order valence-electron chi connectivity index (χ2n) is 9.69. The fourth-order valence-corrected chi connectivity index (χ4v) is 5.65. The third-order valence-corrected chi connectivity index (χ3v) is 7.38. The quantitative estimate of drug-likeness (QED) is 0.241. The lowest BCUT2D eigenvalue weighted by Gasteiger charge is -2.40. The smallest absolute Gasteiger partial charge is 0.227 e. The molecule has 8 rings (SSSR count). The Labute approximate surface area is 226 Å². The number of oxazole rings is 1. The molecule has 4 nitrogen and oxygen atoms in total. The number of hydrogen-bond donors (Lipinski definition) is 0. The molecule has 0 radical (unpaired) electrons. The second-order valence-corrected chi connectivity index (χ2v) is 9.69. The van der Waals surface area contributed by atoms with Gasteiger partial charge in [0, 0.05) is 23.0 Å². The molecule has 0 spiro atoms. The fourth-order valence-electron chi connectivity index (χ4n) is 5.65. The monoisotopic (exact) mass is 501 g/mol. The van der Waals surface area contributed by atoms with Crippen LogP contribution in [0.5, 0.6) is 0 Å². The van der Waals surface area contributed by atoms with Crippen molar-refractivity contribution in [2.75, 3.05) is 9.80 Å². The standard InChI is InChI=1S/C35H23N3O/c1-3-14-25(15-4-1)37-30-20-9-10-21-31(30)38(26-16-5-2-6-17-26)33-23-34-29(22-32(33)37)36-35(39-34)28-19-11-13-24-12-7-8-18-27(24)28/h1-23H. The molecule has 6 aromatic carbocycles. The lowest BCUT2D eigenvalue weighted by atomic mass is 10.0. The van der Waals surface area contributed by atoms with Crippen LogP contribution in [0.1, 0.15) is 0 Å². The van der Waals surface area contributed by atoms with Crippen molar-refractivity contribution in [2.24, 2.45) is 0 Å². The molecule has 0 N–H and O–H groups in total. The molecular weight excluding hydrogens is 478 g/mol. The highest BCUT2D eigenvalue weighted by molar-refractivity contribution is 6.05. The summed E-state index contributed by atoms with van der Waals surface area (Å²) >= 11 is 0. The summed E-state index contributed by atoms with van der Waals surface area (Å²) in [7, 11) is 0. The average molecular weight is 502 g/mol. The zero-order chi connectivity index (χ0) is 25.8. The molecule has 39 heavy (non-hydrogen) atoms. The second kappa shape index (κ2) is 8.61. The van der Waals surface area contributed by atoms with E-state index in [9.17, 15) is 0 Å². The molecule has 0 bridgehead atoms. The third kappa shape index (κ3) is 3.42. The predicted molar refractivity (Wildman–Crippen MR) is 160 cm³/mol. The molecule has 184 valence electrons. The maximum Gasteiger partial charge on any atom is 0.227 e. The van der Waals surface area contributed by atoms with Gasteiger partial charge in [-0.1, -0.05) is 84.9 Å². The van der Waals surface area contributed by atoms with Crippen LogP contribution in [0.3, 0.4) is 0 Å².